The Morgan fingerprint density at radius 3 is 2.77 bits per heavy atom. The van der Waals surface area contributed by atoms with Crippen LogP contribution < -0.4 is 0 Å². The SMILES string of the molecule is CC(C)(O)Cn1cnc2cc(-c3cccc(Cl)c3F)ccc21. The third-order valence-electron chi connectivity index (χ3n) is 3.44. The van der Waals surface area contributed by atoms with Crippen molar-refractivity contribution in [3.63, 3.8) is 0 Å². The molecular weight excluding hydrogens is 303 g/mol. The van der Waals surface area contributed by atoms with Crippen LogP contribution in [0.1, 0.15) is 13.8 Å². The average Bonchev–Trinajstić information content (AvgIpc) is 2.82. The highest BCUT2D eigenvalue weighted by molar-refractivity contribution is 6.31. The molecule has 3 aromatic rings. The van der Waals surface area contributed by atoms with Gasteiger partial charge in [0.15, 0.2) is 0 Å². The van der Waals surface area contributed by atoms with Crippen molar-refractivity contribution in [3.8, 4) is 11.1 Å². The number of rotatable bonds is 3. The number of nitrogens with zero attached hydrogens (tertiary/aromatic N) is 2. The second-order valence-electron chi connectivity index (χ2n) is 5.99. The lowest BCUT2D eigenvalue weighted by atomic mass is 10.0. The molecule has 0 unspecified atom stereocenters. The Balaban J connectivity index is 2.06. The lowest BCUT2D eigenvalue weighted by Gasteiger charge is -2.18. The highest BCUT2D eigenvalue weighted by Crippen LogP contribution is 2.29. The number of imidazole rings is 1. The summed E-state index contributed by atoms with van der Waals surface area (Å²) in [6.45, 7) is 3.93. The molecule has 0 radical (unpaired) electrons. The van der Waals surface area contributed by atoms with Crippen LogP contribution in [0.25, 0.3) is 22.2 Å². The molecule has 0 spiro atoms. The van der Waals surface area contributed by atoms with Crippen LogP contribution in [0, 0.1) is 5.82 Å². The summed E-state index contributed by atoms with van der Waals surface area (Å²) in [5.74, 6) is -0.431. The van der Waals surface area contributed by atoms with Crippen LogP contribution in [-0.2, 0) is 6.54 Å². The standard InChI is InChI=1S/C17H16ClFN2O/c1-17(2,22)9-21-10-20-14-8-11(6-7-15(14)21)12-4-3-5-13(18)16(12)19/h3-8,10,22H,9H2,1-2H3. The van der Waals surface area contributed by atoms with Gasteiger partial charge in [0.25, 0.3) is 0 Å². The molecule has 1 N–H and O–H groups in total. The summed E-state index contributed by atoms with van der Waals surface area (Å²) in [5.41, 5.74) is 1.99. The van der Waals surface area contributed by atoms with E-state index in [0.29, 0.717) is 12.1 Å². The first kappa shape index (κ1) is 15.0. The van der Waals surface area contributed by atoms with Crippen molar-refractivity contribution in [2.75, 3.05) is 0 Å². The lowest BCUT2D eigenvalue weighted by molar-refractivity contribution is 0.0627. The Kier molecular flexibility index (Phi) is 3.67. The summed E-state index contributed by atoms with van der Waals surface area (Å²) in [6, 6.07) is 10.5. The van der Waals surface area contributed by atoms with Crippen LogP contribution in [0.3, 0.4) is 0 Å². The largest absolute Gasteiger partial charge is 0.389 e. The van der Waals surface area contributed by atoms with E-state index in [4.69, 9.17) is 11.6 Å². The minimum absolute atomic E-state index is 0.102. The van der Waals surface area contributed by atoms with Crippen LogP contribution in [0.5, 0.6) is 0 Å². The Labute approximate surface area is 133 Å². The minimum Gasteiger partial charge on any atom is -0.389 e. The molecule has 0 fully saturated rings. The molecule has 22 heavy (non-hydrogen) atoms. The number of benzene rings is 2. The van der Waals surface area contributed by atoms with Gasteiger partial charge in [0.05, 0.1) is 34.5 Å². The third kappa shape index (κ3) is 2.85. The molecular formula is C17H16ClFN2O. The van der Waals surface area contributed by atoms with E-state index in [9.17, 15) is 9.50 Å². The third-order valence-corrected chi connectivity index (χ3v) is 3.73. The molecule has 0 saturated heterocycles. The number of hydrogen-bond donors (Lipinski definition) is 1. The van der Waals surface area contributed by atoms with Crippen molar-refractivity contribution in [1.29, 1.82) is 0 Å². The van der Waals surface area contributed by atoms with E-state index < -0.39 is 11.4 Å². The molecule has 1 heterocycles. The van der Waals surface area contributed by atoms with Gasteiger partial charge < -0.3 is 9.67 Å². The average molecular weight is 319 g/mol. The second-order valence-corrected chi connectivity index (χ2v) is 6.40. The van der Waals surface area contributed by atoms with E-state index in [1.807, 2.05) is 22.8 Å². The van der Waals surface area contributed by atoms with Gasteiger partial charge in [-0.15, -0.1) is 0 Å². The topological polar surface area (TPSA) is 38.0 Å². The van der Waals surface area contributed by atoms with Gasteiger partial charge in [-0.1, -0.05) is 29.8 Å². The first-order valence-electron chi connectivity index (χ1n) is 6.97. The molecule has 114 valence electrons. The molecule has 5 heteroatoms. The normalized spacial score (nSPS) is 12.0. The van der Waals surface area contributed by atoms with Gasteiger partial charge in [0.2, 0.25) is 0 Å². The molecule has 0 bridgehead atoms. The Morgan fingerprint density at radius 2 is 2.05 bits per heavy atom. The van der Waals surface area contributed by atoms with Crippen LogP contribution >= 0.6 is 11.6 Å². The van der Waals surface area contributed by atoms with Crippen LogP contribution in [0.2, 0.25) is 5.02 Å². The Morgan fingerprint density at radius 1 is 1.27 bits per heavy atom. The first-order valence-corrected chi connectivity index (χ1v) is 7.34. The summed E-state index contributed by atoms with van der Waals surface area (Å²) in [5, 5.41) is 10.0. The molecule has 0 aliphatic heterocycles. The molecule has 0 aliphatic carbocycles. The van der Waals surface area contributed by atoms with Gasteiger partial charge >= 0.3 is 0 Å². The predicted octanol–water partition coefficient (Wildman–Crippen LogP) is 4.27. The van der Waals surface area contributed by atoms with Crippen molar-refractivity contribution >= 4 is 22.6 Å². The smallest absolute Gasteiger partial charge is 0.149 e. The zero-order chi connectivity index (χ0) is 15.9. The summed E-state index contributed by atoms with van der Waals surface area (Å²) in [7, 11) is 0. The highest BCUT2D eigenvalue weighted by Gasteiger charge is 2.16. The van der Waals surface area contributed by atoms with Crippen molar-refractivity contribution in [2.45, 2.75) is 26.0 Å². The minimum atomic E-state index is -0.828. The van der Waals surface area contributed by atoms with E-state index in [1.165, 1.54) is 6.07 Å². The lowest BCUT2D eigenvalue weighted by Crippen LogP contribution is -2.25. The van der Waals surface area contributed by atoms with Crippen molar-refractivity contribution in [1.82, 2.24) is 9.55 Å². The second kappa shape index (κ2) is 5.38. The van der Waals surface area contributed by atoms with Gasteiger partial charge in [-0.3, -0.25) is 0 Å². The molecule has 3 nitrogen and oxygen atoms in total. The Hall–Kier alpha value is -1.91. The van der Waals surface area contributed by atoms with E-state index in [-0.39, 0.29) is 5.02 Å². The zero-order valence-corrected chi connectivity index (χ0v) is 13.1. The van der Waals surface area contributed by atoms with Gasteiger partial charge in [-0.25, -0.2) is 9.37 Å². The number of fused-ring (bicyclic) bond motifs is 1. The number of hydrogen-bond acceptors (Lipinski definition) is 2. The molecule has 0 atom stereocenters. The molecule has 0 saturated carbocycles. The summed E-state index contributed by atoms with van der Waals surface area (Å²) in [4.78, 5) is 4.34. The summed E-state index contributed by atoms with van der Waals surface area (Å²) in [6.07, 6.45) is 1.68. The van der Waals surface area contributed by atoms with E-state index in [1.54, 1.807) is 32.3 Å². The van der Waals surface area contributed by atoms with Crippen molar-refractivity contribution in [2.24, 2.45) is 0 Å². The maximum atomic E-state index is 14.1. The first-order chi connectivity index (χ1) is 10.3. The van der Waals surface area contributed by atoms with E-state index >= 15 is 0 Å². The fourth-order valence-corrected chi connectivity index (χ4v) is 2.68. The number of aromatic nitrogens is 2. The summed E-state index contributed by atoms with van der Waals surface area (Å²) < 4.78 is 16.0. The monoisotopic (exact) mass is 318 g/mol. The summed E-state index contributed by atoms with van der Waals surface area (Å²) >= 11 is 5.84. The van der Waals surface area contributed by atoms with Gasteiger partial charge in [0.1, 0.15) is 5.82 Å². The number of halogens is 2. The maximum absolute atomic E-state index is 14.1. The van der Waals surface area contributed by atoms with Gasteiger partial charge in [0, 0.05) is 5.56 Å². The quantitative estimate of drug-likeness (QED) is 0.783. The number of aliphatic hydroxyl groups is 1. The van der Waals surface area contributed by atoms with Gasteiger partial charge in [-0.2, -0.15) is 0 Å². The van der Waals surface area contributed by atoms with E-state index in [0.717, 1.165) is 16.6 Å². The maximum Gasteiger partial charge on any atom is 0.149 e. The van der Waals surface area contributed by atoms with E-state index in [2.05, 4.69) is 4.98 Å². The molecule has 3 rings (SSSR count). The Bertz CT molecular complexity index is 836. The van der Waals surface area contributed by atoms with Crippen molar-refractivity contribution < 1.29 is 9.50 Å². The van der Waals surface area contributed by atoms with Crippen molar-refractivity contribution in [3.05, 3.63) is 53.6 Å². The van der Waals surface area contributed by atoms with Crippen LogP contribution in [0.4, 0.5) is 4.39 Å². The van der Waals surface area contributed by atoms with Crippen LogP contribution in [-0.4, -0.2) is 20.3 Å². The molecule has 0 aliphatic rings. The highest BCUT2D eigenvalue weighted by atomic mass is 35.5. The molecule has 0 amide bonds. The fourth-order valence-electron chi connectivity index (χ4n) is 2.50. The molecule has 1 aromatic heterocycles. The van der Waals surface area contributed by atoms with Crippen LogP contribution in [0.15, 0.2) is 42.7 Å². The molecule has 2 aromatic carbocycles. The fraction of sp³-hybridized carbons (Fsp3) is 0.235. The van der Waals surface area contributed by atoms with Gasteiger partial charge in [-0.05, 0) is 37.6 Å². The predicted molar refractivity (Wildman–Crippen MR) is 86.4 cm³/mol. The zero-order valence-electron chi connectivity index (χ0n) is 12.3.